The molecule has 0 bridgehead atoms. The fourth-order valence-electron chi connectivity index (χ4n) is 1.69. The summed E-state index contributed by atoms with van der Waals surface area (Å²) in [7, 11) is 0. The zero-order valence-corrected chi connectivity index (χ0v) is 13.8. The van der Waals surface area contributed by atoms with E-state index >= 15 is 0 Å². The molecule has 0 N–H and O–H groups in total. The van der Waals surface area contributed by atoms with Gasteiger partial charge in [0.15, 0.2) is 0 Å². The number of hydrogen-bond acceptors (Lipinski definition) is 3. The summed E-state index contributed by atoms with van der Waals surface area (Å²) in [6, 6.07) is 10.1. The number of aryl methyl sites for hydroxylation is 1. The van der Waals surface area contributed by atoms with Crippen molar-refractivity contribution < 1.29 is 9.66 Å². The second kappa shape index (κ2) is 6.37. The molecule has 104 valence electrons. The van der Waals surface area contributed by atoms with Crippen molar-refractivity contribution >= 4 is 37.5 Å². The van der Waals surface area contributed by atoms with Gasteiger partial charge in [-0.2, -0.15) is 0 Å². The predicted molar refractivity (Wildman–Crippen MR) is 84.7 cm³/mol. The van der Waals surface area contributed by atoms with Crippen molar-refractivity contribution in [1.29, 1.82) is 0 Å². The summed E-state index contributed by atoms with van der Waals surface area (Å²) in [5.41, 5.74) is 2.27. The van der Waals surface area contributed by atoms with E-state index < -0.39 is 4.92 Å². The van der Waals surface area contributed by atoms with Gasteiger partial charge in [-0.1, -0.05) is 22.0 Å². The summed E-state index contributed by atoms with van der Waals surface area (Å²) in [5.74, 6) is 1.07. The number of alkyl halides is 1. The number of ether oxygens (including phenoxy) is 1. The lowest BCUT2D eigenvalue weighted by Crippen LogP contribution is -1.92. The van der Waals surface area contributed by atoms with E-state index in [1.165, 1.54) is 17.7 Å². The molecular weight excluding hydrogens is 390 g/mol. The standard InChI is InChI=1S/C14H11Br2NO3/c1-9-6-12(4-2-10(9)8-15)20-14-7-11(17(18)19)3-5-13(14)16/h2-7H,8H2,1H3. The van der Waals surface area contributed by atoms with Crippen LogP contribution in [0.25, 0.3) is 0 Å². The molecule has 0 atom stereocenters. The van der Waals surface area contributed by atoms with Crippen molar-refractivity contribution in [3.63, 3.8) is 0 Å². The van der Waals surface area contributed by atoms with Gasteiger partial charge in [-0.25, -0.2) is 0 Å². The summed E-state index contributed by atoms with van der Waals surface area (Å²) in [6.45, 7) is 1.99. The largest absolute Gasteiger partial charge is 0.456 e. The van der Waals surface area contributed by atoms with Crippen LogP contribution in [0.2, 0.25) is 0 Å². The first-order valence-corrected chi connectivity index (χ1v) is 7.70. The van der Waals surface area contributed by atoms with Crippen molar-refractivity contribution in [2.45, 2.75) is 12.3 Å². The third-order valence-electron chi connectivity index (χ3n) is 2.81. The molecule has 6 heteroatoms. The topological polar surface area (TPSA) is 52.4 Å². The molecule has 0 saturated heterocycles. The van der Waals surface area contributed by atoms with Gasteiger partial charge in [0.2, 0.25) is 0 Å². The van der Waals surface area contributed by atoms with Gasteiger partial charge < -0.3 is 4.74 Å². The van der Waals surface area contributed by atoms with Gasteiger partial charge in [-0.15, -0.1) is 0 Å². The van der Waals surface area contributed by atoms with Crippen molar-refractivity contribution in [3.05, 3.63) is 62.1 Å². The van der Waals surface area contributed by atoms with E-state index in [1.54, 1.807) is 6.07 Å². The number of benzene rings is 2. The Morgan fingerprint density at radius 2 is 2.00 bits per heavy atom. The van der Waals surface area contributed by atoms with Crippen molar-refractivity contribution in [3.8, 4) is 11.5 Å². The van der Waals surface area contributed by atoms with Crippen LogP contribution in [0.5, 0.6) is 11.5 Å². The smallest absolute Gasteiger partial charge is 0.273 e. The molecule has 0 aromatic heterocycles. The molecule has 0 aliphatic carbocycles. The SMILES string of the molecule is Cc1cc(Oc2cc([N+](=O)[O-])ccc2Br)ccc1CBr. The minimum atomic E-state index is -0.446. The average molecular weight is 401 g/mol. The highest BCUT2D eigenvalue weighted by Crippen LogP contribution is 2.33. The normalized spacial score (nSPS) is 10.3. The number of nitro groups is 1. The third kappa shape index (κ3) is 3.37. The zero-order valence-electron chi connectivity index (χ0n) is 10.6. The second-order valence-electron chi connectivity index (χ2n) is 4.20. The number of rotatable bonds is 4. The first kappa shape index (κ1) is 15.0. The molecule has 0 unspecified atom stereocenters. The molecule has 0 heterocycles. The van der Waals surface area contributed by atoms with Gasteiger partial charge in [-0.05, 0) is 52.2 Å². The van der Waals surface area contributed by atoms with E-state index in [1.807, 2.05) is 25.1 Å². The van der Waals surface area contributed by atoms with Crippen molar-refractivity contribution in [2.24, 2.45) is 0 Å². The van der Waals surface area contributed by atoms with Gasteiger partial charge in [0.05, 0.1) is 15.5 Å². The summed E-state index contributed by atoms with van der Waals surface area (Å²) in [4.78, 5) is 10.3. The maximum absolute atomic E-state index is 10.8. The Morgan fingerprint density at radius 3 is 2.60 bits per heavy atom. The zero-order chi connectivity index (χ0) is 14.7. The molecule has 0 aliphatic rings. The van der Waals surface area contributed by atoms with Crippen LogP contribution in [0.1, 0.15) is 11.1 Å². The van der Waals surface area contributed by atoms with Crippen LogP contribution in [-0.2, 0) is 5.33 Å². The second-order valence-corrected chi connectivity index (χ2v) is 5.61. The van der Waals surface area contributed by atoms with Gasteiger partial charge in [0, 0.05) is 11.4 Å². The summed E-state index contributed by atoms with van der Waals surface area (Å²) in [5, 5.41) is 11.6. The predicted octanol–water partition coefficient (Wildman–Crippen LogP) is 5.35. The van der Waals surface area contributed by atoms with Crippen LogP contribution in [-0.4, -0.2) is 4.92 Å². The lowest BCUT2D eigenvalue weighted by molar-refractivity contribution is -0.384. The Kier molecular flexibility index (Phi) is 4.77. The summed E-state index contributed by atoms with van der Waals surface area (Å²) >= 11 is 6.74. The Labute approximate surface area is 133 Å². The van der Waals surface area contributed by atoms with Crippen LogP contribution >= 0.6 is 31.9 Å². The quantitative estimate of drug-likeness (QED) is 0.394. The molecule has 0 saturated carbocycles. The Morgan fingerprint density at radius 1 is 1.25 bits per heavy atom. The van der Waals surface area contributed by atoms with E-state index in [0.29, 0.717) is 16.0 Å². The van der Waals surface area contributed by atoms with Gasteiger partial charge in [0.25, 0.3) is 5.69 Å². The van der Waals surface area contributed by atoms with Crippen LogP contribution in [0.15, 0.2) is 40.9 Å². The molecule has 0 amide bonds. The number of non-ortho nitro benzene ring substituents is 1. The molecule has 20 heavy (non-hydrogen) atoms. The van der Waals surface area contributed by atoms with Crippen LogP contribution in [0.3, 0.4) is 0 Å². The lowest BCUT2D eigenvalue weighted by atomic mass is 10.1. The van der Waals surface area contributed by atoms with Crippen molar-refractivity contribution in [1.82, 2.24) is 0 Å². The first-order valence-electron chi connectivity index (χ1n) is 5.78. The van der Waals surface area contributed by atoms with E-state index in [0.717, 1.165) is 10.9 Å². The van der Waals surface area contributed by atoms with E-state index in [9.17, 15) is 10.1 Å². The number of nitro benzene ring substituents is 1. The highest BCUT2D eigenvalue weighted by atomic mass is 79.9. The Bertz CT molecular complexity index is 659. The number of hydrogen-bond donors (Lipinski definition) is 0. The van der Waals surface area contributed by atoms with Gasteiger partial charge in [-0.3, -0.25) is 10.1 Å². The average Bonchev–Trinajstić information content (AvgIpc) is 2.41. The summed E-state index contributed by atoms with van der Waals surface area (Å²) < 4.78 is 6.39. The highest BCUT2D eigenvalue weighted by molar-refractivity contribution is 9.10. The van der Waals surface area contributed by atoms with Gasteiger partial charge >= 0.3 is 0 Å². The van der Waals surface area contributed by atoms with Crippen LogP contribution in [0, 0.1) is 17.0 Å². The molecule has 2 rings (SSSR count). The Hall–Kier alpha value is -1.40. The van der Waals surface area contributed by atoms with E-state index in [2.05, 4.69) is 31.9 Å². The molecule has 0 aliphatic heterocycles. The molecular formula is C14H11Br2NO3. The first-order chi connectivity index (χ1) is 9.51. The summed E-state index contributed by atoms with van der Waals surface area (Å²) in [6.07, 6.45) is 0. The fraction of sp³-hybridized carbons (Fsp3) is 0.143. The molecule has 2 aromatic rings. The molecule has 0 radical (unpaired) electrons. The third-order valence-corrected chi connectivity index (χ3v) is 4.07. The van der Waals surface area contributed by atoms with Gasteiger partial charge in [0.1, 0.15) is 11.5 Å². The van der Waals surface area contributed by atoms with E-state index in [4.69, 9.17) is 4.74 Å². The molecule has 4 nitrogen and oxygen atoms in total. The monoisotopic (exact) mass is 399 g/mol. The van der Waals surface area contributed by atoms with Crippen LogP contribution in [0.4, 0.5) is 5.69 Å². The Balaban J connectivity index is 2.32. The molecule has 0 spiro atoms. The minimum absolute atomic E-state index is 0.00278. The lowest BCUT2D eigenvalue weighted by Gasteiger charge is -2.10. The van der Waals surface area contributed by atoms with E-state index in [-0.39, 0.29) is 5.69 Å². The number of halogens is 2. The van der Waals surface area contributed by atoms with Crippen LogP contribution < -0.4 is 4.74 Å². The maximum Gasteiger partial charge on any atom is 0.273 e. The maximum atomic E-state index is 10.8. The molecule has 2 aromatic carbocycles. The fourth-order valence-corrected chi connectivity index (χ4v) is 2.65. The van der Waals surface area contributed by atoms with Crippen molar-refractivity contribution in [2.75, 3.05) is 0 Å². The highest BCUT2D eigenvalue weighted by Gasteiger charge is 2.11. The molecule has 0 fully saturated rings. The number of nitrogens with zero attached hydrogens (tertiary/aromatic N) is 1. The minimum Gasteiger partial charge on any atom is -0.456 e.